The molecule has 2 fully saturated rings. The van der Waals surface area contributed by atoms with Crippen molar-refractivity contribution in [2.75, 3.05) is 31.6 Å². The molecule has 0 bridgehead atoms. The molecule has 6 heteroatoms. The van der Waals surface area contributed by atoms with Crippen LogP contribution < -0.4 is 20.3 Å². The van der Waals surface area contributed by atoms with Crippen LogP contribution in [0.5, 0.6) is 5.75 Å². The van der Waals surface area contributed by atoms with Crippen molar-refractivity contribution in [3.63, 3.8) is 0 Å². The van der Waals surface area contributed by atoms with E-state index in [-0.39, 0.29) is 17.9 Å². The summed E-state index contributed by atoms with van der Waals surface area (Å²) in [6, 6.07) is 15.2. The third-order valence-electron chi connectivity index (χ3n) is 6.93. The predicted octanol–water partition coefficient (Wildman–Crippen LogP) is 4.40. The van der Waals surface area contributed by atoms with E-state index < -0.39 is 0 Å². The number of hydrogen-bond acceptors (Lipinski definition) is 4. The van der Waals surface area contributed by atoms with E-state index in [4.69, 9.17) is 4.74 Å². The van der Waals surface area contributed by atoms with Gasteiger partial charge in [-0.2, -0.15) is 0 Å². The van der Waals surface area contributed by atoms with Crippen molar-refractivity contribution in [3.05, 3.63) is 59.7 Å². The number of anilines is 1. The summed E-state index contributed by atoms with van der Waals surface area (Å²) in [4.78, 5) is 27.9. The first-order chi connectivity index (χ1) is 16.1. The quantitative estimate of drug-likeness (QED) is 0.657. The molecule has 2 aliphatic rings. The number of nitrogens with zero attached hydrogens (tertiary/aromatic N) is 1. The highest BCUT2D eigenvalue weighted by molar-refractivity contribution is 6.00. The molecule has 0 spiro atoms. The molecule has 0 radical (unpaired) electrons. The molecule has 6 nitrogen and oxygen atoms in total. The number of nitrogens with one attached hydrogen (secondary N) is 2. The Hall–Kier alpha value is -3.02. The number of methoxy groups -OCH3 is 1. The monoisotopic (exact) mass is 449 g/mol. The van der Waals surface area contributed by atoms with Crippen molar-refractivity contribution in [2.24, 2.45) is 5.92 Å². The average molecular weight is 450 g/mol. The minimum Gasteiger partial charge on any atom is -0.497 e. The van der Waals surface area contributed by atoms with Gasteiger partial charge in [-0.05, 0) is 61.9 Å². The maximum absolute atomic E-state index is 13.0. The van der Waals surface area contributed by atoms with Crippen LogP contribution in [0.1, 0.15) is 65.7 Å². The molecule has 0 aromatic heterocycles. The zero-order chi connectivity index (χ0) is 23.0. The Balaban J connectivity index is 1.32. The van der Waals surface area contributed by atoms with Crippen LogP contribution in [-0.4, -0.2) is 44.6 Å². The molecular formula is C27H35N3O3. The van der Waals surface area contributed by atoms with Gasteiger partial charge >= 0.3 is 0 Å². The van der Waals surface area contributed by atoms with E-state index in [0.29, 0.717) is 17.2 Å². The van der Waals surface area contributed by atoms with Crippen LogP contribution in [0, 0.1) is 5.92 Å². The Labute approximate surface area is 196 Å². The number of piperidine rings is 1. The van der Waals surface area contributed by atoms with Crippen molar-refractivity contribution in [1.29, 1.82) is 0 Å². The van der Waals surface area contributed by atoms with Gasteiger partial charge in [-0.3, -0.25) is 9.59 Å². The smallest absolute Gasteiger partial charge is 0.253 e. The lowest BCUT2D eigenvalue weighted by atomic mass is 9.89. The zero-order valence-electron chi connectivity index (χ0n) is 19.5. The molecule has 0 atom stereocenters. The van der Waals surface area contributed by atoms with Gasteiger partial charge in [-0.1, -0.05) is 37.5 Å². The van der Waals surface area contributed by atoms with E-state index in [0.717, 1.165) is 43.7 Å². The Morgan fingerprint density at radius 3 is 2.45 bits per heavy atom. The summed E-state index contributed by atoms with van der Waals surface area (Å²) in [6.07, 6.45) is 8.00. The van der Waals surface area contributed by atoms with Crippen LogP contribution >= 0.6 is 0 Å². The highest BCUT2D eigenvalue weighted by Crippen LogP contribution is 2.26. The molecule has 2 N–H and O–H groups in total. The second-order valence-corrected chi connectivity index (χ2v) is 9.20. The van der Waals surface area contributed by atoms with Crippen molar-refractivity contribution >= 4 is 17.5 Å². The lowest BCUT2D eigenvalue weighted by molar-refractivity contribution is 0.0928. The summed E-state index contributed by atoms with van der Waals surface area (Å²) in [5.74, 6) is 1.23. The van der Waals surface area contributed by atoms with Crippen molar-refractivity contribution in [3.8, 4) is 5.75 Å². The predicted molar refractivity (Wildman–Crippen MR) is 131 cm³/mol. The topological polar surface area (TPSA) is 70.7 Å². The molecule has 1 aliphatic carbocycles. The molecule has 0 unspecified atom stereocenters. The van der Waals surface area contributed by atoms with E-state index in [2.05, 4.69) is 15.5 Å². The van der Waals surface area contributed by atoms with Crippen LogP contribution in [0.15, 0.2) is 48.5 Å². The largest absolute Gasteiger partial charge is 0.497 e. The molecule has 176 valence electrons. The van der Waals surface area contributed by atoms with Gasteiger partial charge in [0.25, 0.3) is 11.8 Å². The van der Waals surface area contributed by atoms with Crippen molar-refractivity contribution < 1.29 is 14.3 Å². The van der Waals surface area contributed by atoms with Gasteiger partial charge in [0.05, 0.1) is 12.7 Å². The van der Waals surface area contributed by atoms with Gasteiger partial charge in [-0.25, -0.2) is 0 Å². The fourth-order valence-electron chi connectivity index (χ4n) is 4.96. The molecule has 1 heterocycles. The summed E-state index contributed by atoms with van der Waals surface area (Å²) in [5.41, 5.74) is 2.33. The SMILES string of the molecule is COc1cccc(C(=O)NC2CCN(c3ccccc3C(=O)NCC3CCCCC3)CC2)c1. The maximum Gasteiger partial charge on any atom is 0.253 e. The van der Waals surface area contributed by atoms with Crippen LogP contribution in [-0.2, 0) is 0 Å². The average Bonchev–Trinajstić information content (AvgIpc) is 2.88. The second-order valence-electron chi connectivity index (χ2n) is 9.20. The Morgan fingerprint density at radius 2 is 1.70 bits per heavy atom. The number of hydrogen-bond donors (Lipinski definition) is 2. The summed E-state index contributed by atoms with van der Waals surface area (Å²) < 4.78 is 5.22. The molecule has 4 rings (SSSR count). The fraction of sp³-hybridized carbons (Fsp3) is 0.481. The number of carbonyl (C=O) groups excluding carboxylic acids is 2. The summed E-state index contributed by atoms with van der Waals surface area (Å²) >= 11 is 0. The molecule has 2 aromatic carbocycles. The van der Waals surface area contributed by atoms with Crippen molar-refractivity contribution in [2.45, 2.75) is 51.0 Å². The van der Waals surface area contributed by atoms with Gasteiger partial charge in [0, 0.05) is 36.9 Å². The van der Waals surface area contributed by atoms with E-state index in [9.17, 15) is 9.59 Å². The highest BCUT2D eigenvalue weighted by atomic mass is 16.5. The van der Waals surface area contributed by atoms with Crippen LogP contribution in [0.4, 0.5) is 5.69 Å². The molecule has 2 amide bonds. The van der Waals surface area contributed by atoms with E-state index in [1.807, 2.05) is 36.4 Å². The Kier molecular flexibility index (Phi) is 7.87. The minimum absolute atomic E-state index is 0.0182. The van der Waals surface area contributed by atoms with Crippen LogP contribution in [0.25, 0.3) is 0 Å². The maximum atomic E-state index is 13.0. The zero-order valence-corrected chi connectivity index (χ0v) is 19.5. The lowest BCUT2D eigenvalue weighted by Gasteiger charge is -2.35. The molecule has 1 saturated heterocycles. The number of amides is 2. The van der Waals surface area contributed by atoms with Crippen molar-refractivity contribution in [1.82, 2.24) is 10.6 Å². The Bertz CT molecular complexity index is 947. The van der Waals surface area contributed by atoms with Gasteiger partial charge in [0.15, 0.2) is 0 Å². The summed E-state index contributed by atoms with van der Waals surface area (Å²) in [6.45, 7) is 2.37. The van der Waals surface area contributed by atoms with Gasteiger partial charge in [0.1, 0.15) is 5.75 Å². The molecule has 1 aliphatic heterocycles. The standard InChI is InChI=1S/C27H35N3O3/c1-33-23-11-7-10-21(18-23)26(31)29-22-14-16-30(17-15-22)25-13-6-5-12-24(25)27(32)28-19-20-8-3-2-4-9-20/h5-7,10-13,18,20,22H,2-4,8-9,14-17,19H2,1H3,(H,28,32)(H,29,31). The minimum atomic E-state index is -0.0742. The first kappa shape index (κ1) is 23.1. The van der Waals surface area contributed by atoms with E-state index in [1.165, 1.54) is 32.1 Å². The number of carbonyl (C=O) groups is 2. The lowest BCUT2D eigenvalue weighted by Crippen LogP contribution is -2.45. The Morgan fingerprint density at radius 1 is 0.939 bits per heavy atom. The van der Waals surface area contributed by atoms with Gasteiger partial charge < -0.3 is 20.3 Å². The summed E-state index contributed by atoms with van der Waals surface area (Å²) in [5, 5.41) is 6.33. The normalized spacial score (nSPS) is 17.4. The third kappa shape index (κ3) is 6.06. The molecule has 2 aromatic rings. The fourth-order valence-corrected chi connectivity index (χ4v) is 4.96. The van der Waals surface area contributed by atoms with E-state index >= 15 is 0 Å². The van der Waals surface area contributed by atoms with E-state index in [1.54, 1.807) is 19.2 Å². The second kappa shape index (κ2) is 11.2. The first-order valence-corrected chi connectivity index (χ1v) is 12.2. The summed E-state index contributed by atoms with van der Waals surface area (Å²) in [7, 11) is 1.60. The van der Waals surface area contributed by atoms with Crippen LogP contribution in [0.3, 0.4) is 0 Å². The first-order valence-electron chi connectivity index (χ1n) is 12.2. The molecule has 33 heavy (non-hydrogen) atoms. The van der Waals surface area contributed by atoms with Crippen LogP contribution in [0.2, 0.25) is 0 Å². The number of rotatable bonds is 7. The molecular weight excluding hydrogens is 414 g/mol. The number of ether oxygens (including phenoxy) is 1. The number of benzene rings is 2. The van der Waals surface area contributed by atoms with Gasteiger partial charge in [0.2, 0.25) is 0 Å². The van der Waals surface area contributed by atoms with Gasteiger partial charge in [-0.15, -0.1) is 0 Å². The third-order valence-corrected chi connectivity index (χ3v) is 6.93. The molecule has 1 saturated carbocycles. The highest BCUT2D eigenvalue weighted by Gasteiger charge is 2.24. The number of para-hydroxylation sites is 1.